The summed E-state index contributed by atoms with van der Waals surface area (Å²) in [7, 11) is 0. The number of thioether (sulfide) groups is 1. The second kappa shape index (κ2) is 14.5. The van der Waals surface area contributed by atoms with E-state index >= 15 is 0 Å². The number of aliphatic hydroxyl groups excluding tert-OH is 1. The zero-order chi connectivity index (χ0) is 30.2. The molecule has 3 aromatic rings. The van der Waals surface area contributed by atoms with Crippen LogP contribution in [0.1, 0.15) is 56.8 Å². The van der Waals surface area contributed by atoms with Crippen LogP contribution in [0.3, 0.4) is 0 Å². The summed E-state index contributed by atoms with van der Waals surface area (Å²) in [6.07, 6.45) is -2.12. The van der Waals surface area contributed by atoms with Crippen molar-refractivity contribution in [2.45, 2.75) is 63.8 Å². The Bertz CT molecular complexity index is 1380. The van der Waals surface area contributed by atoms with Crippen molar-refractivity contribution in [2.75, 3.05) is 16.4 Å². The van der Waals surface area contributed by atoms with Crippen LogP contribution in [0.15, 0.2) is 77.7 Å². The molecule has 2 amide bonds. The second-order valence-electron chi connectivity index (χ2n) is 10.2. The van der Waals surface area contributed by atoms with Crippen molar-refractivity contribution in [3.05, 3.63) is 89.5 Å². The van der Waals surface area contributed by atoms with Crippen LogP contribution in [0.5, 0.6) is 0 Å². The molecule has 0 aliphatic carbocycles. The number of hydrogen-bond donors (Lipinski definition) is 3. The average Bonchev–Trinajstić information content (AvgIpc) is 2.97. The normalized spacial score (nSPS) is 20.8. The molecule has 0 bridgehead atoms. The van der Waals surface area contributed by atoms with Crippen molar-refractivity contribution in [1.29, 1.82) is 0 Å². The Balaban J connectivity index is 1.54. The number of aliphatic hydroxyl groups is 1. The van der Waals surface area contributed by atoms with Gasteiger partial charge in [-0.25, -0.2) is 0 Å². The van der Waals surface area contributed by atoms with Gasteiger partial charge in [0.15, 0.2) is 12.4 Å². The van der Waals surface area contributed by atoms with E-state index in [9.17, 15) is 19.5 Å². The van der Waals surface area contributed by atoms with Crippen molar-refractivity contribution in [3.63, 3.8) is 0 Å². The third-order valence-electron chi connectivity index (χ3n) is 6.85. The molecule has 1 aliphatic heterocycles. The fraction of sp³-hybridized carbons (Fsp3) is 0.344. The highest BCUT2D eigenvalue weighted by molar-refractivity contribution is 7.99. The van der Waals surface area contributed by atoms with Gasteiger partial charge in [0.2, 0.25) is 5.91 Å². The summed E-state index contributed by atoms with van der Waals surface area (Å²) in [6.45, 7) is 6.30. The molecule has 4 rings (SSSR count). The second-order valence-corrected chi connectivity index (χ2v) is 11.3. The van der Waals surface area contributed by atoms with Crippen molar-refractivity contribution >= 4 is 40.9 Å². The SMILES string of the molecule is CC(=O)Nc1ccc(SC[C@H]2OC(c3cccc(NC(=O)[C@H](C)OC(C)=O)c3)O[C@@H](c3ccc(CO)cc3)[C@H]2C)cc1. The van der Waals surface area contributed by atoms with Gasteiger partial charge in [0.1, 0.15) is 0 Å². The van der Waals surface area contributed by atoms with Gasteiger partial charge in [0.05, 0.1) is 18.8 Å². The maximum Gasteiger partial charge on any atom is 0.303 e. The fourth-order valence-corrected chi connectivity index (χ4v) is 5.70. The number of amides is 2. The van der Waals surface area contributed by atoms with Crippen molar-refractivity contribution < 1.29 is 33.7 Å². The third-order valence-corrected chi connectivity index (χ3v) is 7.95. The number of carbonyl (C=O) groups excluding carboxylic acids is 3. The first-order valence-electron chi connectivity index (χ1n) is 13.7. The minimum absolute atomic E-state index is 0.000145. The molecule has 0 aromatic heterocycles. The molecule has 1 heterocycles. The zero-order valence-electron chi connectivity index (χ0n) is 24.0. The van der Waals surface area contributed by atoms with Gasteiger partial charge in [-0.3, -0.25) is 14.4 Å². The number of ether oxygens (including phenoxy) is 3. The summed E-state index contributed by atoms with van der Waals surface area (Å²) in [4.78, 5) is 36.2. The highest BCUT2D eigenvalue weighted by Gasteiger charge is 2.38. The van der Waals surface area contributed by atoms with E-state index in [1.807, 2.05) is 54.6 Å². The number of carbonyl (C=O) groups is 3. The summed E-state index contributed by atoms with van der Waals surface area (Å²) < 4.78 is 18.0. The minimum atomic E-state index is -0.936. The predicted octanol–water partition coefficient (Wildman–Crippen LogP) is 5.61. The number of rotatable bonds is 10. The molecular formula is C32H36N2O7S. The lowest BCUT2D eigenvalue weighted by molar-refractivity contribution is -0.268. The third kappa shape index (κ3) is 8.42. The first-order valence-corrected chi connectivity index (χ1v) is 14.7. The van der Waals surface area contributed by atoms with Crippen LogP contribution in [0.2, 0.25) is 0 Å². The predicted molar refractivity (Wildman–Crippen MR) is 161 cm³/mol. The molecule has 42 heavy (non-hydrogen) atoms. The lowest BCUT2D eigenvalue weighted by Crippen LogP contribution is -2.38. The topological polar surface area (TPSA) is 123 Å². The lowest BCUT2D eigenvalue weighted by Gasteiger charge is -2.41. The van der Waals surface area contributed by atoms with E-state index in [4.69, 9.17) is 14.2 Å². The Labute approximate surface area is 249 Å². The molecule has 5 atom stereocenters. The van der Waals surface area contributed by atoms with Gasteiger partial charge >= 0.3 is 5.97 Å². The summed E-state index contributed by atoms with van der Waals surface area (Å²) >= 11 is 1.65. The molecule has 0 radical (unpaired) electrons. The molecule has 222 valence electrons. The van der Waals surface area contributed by atoms with E-state index in [0.717, 1.165) is 27.3 Å². The molecule has 0 spiro atoms. The molecule has 3 aromatic carbocycles. The molecule has 1 aliphatic rings. The van der Waals surface area contributed by atoms with Gasteiger partial charge in [0, 0.05) is 47.4 Å². The van der Waals surface area contributed by atoms with Crippen LogP contribution in [0, 0.1) is 5.92 Å². The van der Waals surface area contributed by atoms with Gasteiger partial charge in [-0.15, -0.1) is 11.8 Å². The summed E-state index contributed by atoms with van der Waals surface area (Å²) in [5, 5.41) is 15.1. The molecule has 10 heteroatoms. The number of esters is 1. The van der Waals surface area contributed by atoms with Crippen LogP contribution in [-0.2, 0) is 35.2 Å². The van der Waals surface area contributed by atoms with E-state index in [-0.39, 0.29) is 30.6 Å². The maximum absolute atomic E-state index is 12.5. The van der Waals surface area contributed by atoms with E-state index in [2.05, 4.69) is 17.6 Å². The lowest BCUT2D eigenvalue weighted by atomic mass is 9.91. The quantitative estimate of drug-likeness (QED) is 0.205. The maximum atomic E-state index is 12.5. The van der Waals surface area contributed by atoms with Gasteiger partial charge in [-0.1, -0.05) is 43.3 Å². The number of hydrogen-bond acceptors (Lipinski definition) is 8. The first kappa shape index (κ1) is 31.2. The Morgan fingerprint density at radius 2 is 1.64 bits per heavy atom. The Hall–Kier alpha value is -3.70. The van der Waals surface area contributed by atoms with E-state index in [1.54, 1.807) is 30.0 Å². The molecule has 3 N–H and O–H groups in total. The summed E-state index contributed by atoms with van der Waals surface area (Å²) in [5.74, 6) is -0.439. The number of benzene rings is 3. The first-order chi connectivity index (χ1) is 20.1. The van der Waals surface area contributed by atoms with Crippen LogP contribution in [0.4, 0.5) is 11.4 Å². The van der Waals surface area contributed by atoms with E-state index in [0.29, 0.717) is 11.4 Å². The van der Waals surface area contributed by atoms with Crippen molar-refractivity contribution in [2.24, 2.45) is 5.92 Å². The van der Waals surface area contributed by atoms with Gasteiger partial charge < -0.3 is 30.0 Å². The number of anilines is 2. The Kier molecular flexibility index (Phi) is 10.8. The summed E-state index contributed by atoms with van der Waals surface area (Å²) in [6, 6.07) is 22.6. The highest BCUT2D eigenvalue weighted by Crippen LogP contribution is 2.43. The minimum Gasteiger partial charge on any atom is -0.453 e. The molecule has 9 nitrogen and oxygen atoms in total. The highest BCUT2D eigenvalue weighted by atomic mass is 32.2. The van der Waals surface area contributed by atoms with Gasteiger partial charge in [-0.05, 0) is 54.4 Å². The summed E-state index contributed by atoms with van der Waals surface area (Å²) in [5.41, 5.74) is 3.78. The van der Waals surface area contributed by atoms with Crippen LogP contribution in [0.25, 0.3) is 0 Å². The smallest absolute Gasteiger partial charge is 0.303 e. The zero-order valence-corrected chi connectivity index (χ0v) is 24.9. The molecule has 1 unspecified atom stereocenters. The van der Waals surface area contributed by atoms with Crippen LogP contribution < -0.4 is 10.6 Å². The Morgan fingerprint density at radius 1 is 0.929 bits per heavy atom. The van der Waals surface area contributed by atoms with Crippen LogP contribution >= 0.6 is 11.8 Å². The monoisotopic (exact) mass is 592 g/mol. The fourth-order valence-electron chi connectivity index (χ4n) is 4.64. The van der Waals surface area contributed by atoms with Crippen molar-refractivity contribution in [1.82, 2.24) is 0 Å². The Morgan fingerprint density at radius 3 is 2.29 bits per heavy atom. The van der Waals surface area contributed by atoms with Gasteiger partial charge in [-0.2, -0.15) is 0 Å². The molecule has 0 saturated carbocycles. The molecule has 1 fully saturated rings. The van der Waals surface area contributed by atoms with Crippen molar-refractivity contribution in [3.8, 4) is 0 Å². The van der Waals surface area contributed by atoms with E-state index < -0.39 is 24.3 Å². The molecular weight excluding hydrogens is 556 g/mol. The standard InChI is InChI=1S/C32H36N2O7S/c1-19-29(18-42-28-14-12-26(13-15-28)33-21(3)36)40-32(41-30(19)24-10-8-23(17-35)9-11-24)25-6-5-7-27(16-25)34-31(38)20(2)39-22(4)37/h5-16,19-20,29-30,32,35H,17-18H2,1-4H3,(H,33,36)(H,34,38)/t19-,20-,29+,30+,32?/m0/s1. The number of nitrogens with one attached hydrogen (secondary N) is 2. The molecule has 1 saturated heterocycles. The van der Waals surface area contributed by atoms with E-state index in [1.165, 1.54) is 20.8 Å². The van der Waals surface area contributed by atoms with Gasteiger partial charge in [0.25, 0.3) is 5.91 Å². The largest absolute Gasteiger partial charge is 0.453 e. The average molecular weight is 593 g/mol. The van der Waals surface area contributed by atoms with Crippen LogP contribution in [-0.4, -0.2) is 40.9 Å².